The van der Waals surface area contributed by atoms with Crippen LogP contribution < -0.4 is 10.0 Å². The van der Waals surface area contributed by atoms with E-state index in [9.17, 15) is 26.7 Å². The summed E-state index contributed by atoms with van der Waals surface area (Å²) >= 11 is 5.61. The minimum absolute atomic E-state index is 0.0188. The van der Waals surface area contributed by atoms with E-state index in [1.807, 2.05) is 0 Å². The van der Waals surface area contributed by atoms with Gasteiger partial charge in [0.15, 0.2) is 0 Å². The summed E-state index contributed by atoms with van der Waals surface area (Å²) in [5.74, 6) is -0.873. The summed E-state index contributed by atoms with van der Waals surface area (Å²) in [5.41, 5.74) is 0.277. The average molecular weight is 465 g/mol. The number of carbonyl (C=O) groups excluding carboxylic acids is 1. The number of halogens is 2. The van der Waals surface area contributed by atoms with Crippen molar-refractivity contribution >= 4 is 38.1 Å². The molecule has 1 fully saturated rings. The van der Waals surface area contributed by atoms with E-state index in [-0.39, 0.29) is 45.4 Å². The van der Waals surface area contributed by atoms with Crippen LogP contribution in [0.5, 0.6) is 0 Å². The molecular formula is C16H18ClFN4O5S2. The summed E-state index contributed by atoms with van der Waals surface area (Å²) in [5, 5.41) is 2.35. The zero-order valence-corrected chi connectivity index (χ0v) is 17.3. The van der Waals surface area contributed by atoms with Gasteiger partial charge in [-0.25, -0.2) is 22.5 Å². The number of hydrogen-bond acceptors (Lipinski definition) is 7. The third-order valence-corrected chi connectivity index (χ3v) is 7.69. The molecule has 2 aromatic rings. The van der Waals surface area contributed by atoms with Gasteiger partial charge in [-0.1, -0.05) is 11.6 Å². The molecule has 4 N–H and O–H groups in total. The fourth-order valence-electron chi connectivity index (χ4n) is 2.65. The van der Waals surface area contributed by atoms with E-state index in [4.69, 9.17) is 11.6 Å². The normalized spacial score (nSPS) is 19.7. The van der Waals surface area contributed by atoms with Gasteiger partial charge in [-0.05, 0) is 24.6 Å². The predicted octanol–water partition coefficient (Wildman–Crippen LogP) is 2.00. The molecule has 29 heavy (non-hydrogen) atoms. The average Bonchev–Trinajstić information content (AvgIpc) is 3.01. The van der Waals surface area contributed by atoms with Crippen LogP contribution in [-0.4, -0.2) is 50.9 Å². The van der Waals surface area contributed by atoms with E-state index >= 15 is 0 Å². The number of nitrogens with zero attached hydrogens (tertiary/aromatic N) is 2. The van der Waals surface area contributed by atoms with Crippen molar-refractivity contribution in [3.63, 3.8) is 0 Å². The highest BCUT2D eigenvalue weighted by Crippen LogP contribution is 2.45. The van der Waals surface area contributed by atoms with E-state index in [0.717, 1.165) is 18.2 Å². The van der Waals surface area contributed by atoms with Crippen LogP contribution in [0.15, 0.2) is 35.5 Å². The number of hydrogen-bond donors (Lipinski definition) is 4. The largest absolute Gasteiger partial charge is 0.346 e. The zero-order chi connectivity index (χ0) is 21.2. The van der Waals surface area contributed by atoms with Gasteiger partial charge in [0.2, 0.25) is 10.0 Å². The lowest BCUT2D eigenvalue weighted by Gasteiger charge is -2.25. The summed E-state index contributed by atoms with van der Waals surface area (Å²) in [6, 6.07) is 2.69. The van der Waals surface area contributed by atoms with Gasteiger partial charge >= 0.3 is 0 Å². The van der Waals surface area contributed by atoms with Gasteiger partial charge in [-0.2, -0.15) is 10.6 Å². The maximum atomic E-state index is 13.2. The molecule has 158 valence electrons. The molecule has 0 bridgehead atoms. The van der Waals surface area contributed by atoms with Crippen LogP contribution in [-0.2, 0) is 16.6 Å². The van der Waals surface area contributed by atoms with Crippen LogP contribution in [0.4, 0.5) is 4.39 Å². The second-order valence-corrected chi connectivity index (χ2v) is 10.9. The predicted molar refractivity (Wildman–Crippen MR) is 106 cm³/mol. The van der Waals surface area contributed by atoms with Gasteiger partial charge in [0.05, 0.1) is 40.3 Å². The summed E-state index contributed by atoms with van der Waals surface area (Å²) in [7, 11) is -6.57. The molecule has 1 unspecified atom stereocenters. The van der Waals surface area contributed by atoms with Gasteiger partial charge in [0.1, 0.15) is 11.5 Å². The fraction of sp³-hybridized carbons (Fsp3) is 0.312. The Labute approximate surface area is 173 Å². The smallest absolute Gasteiger partial charge is 0.271 e. The minimum atomic E-state index is -3.94. The molecule has 0 aliphatic carbocycles. The Kier molecular flexibility index (Phi) is 6.41. The van der Waals surface area contributed by atoms with E-state index < -0.39 is 32.3 Å². The lowest BCUT2D eigenvalue weighted by Crippen LogP contribution is -2.35. The molecule has 1 aliphatic rings. The molecular weight excluding hydrogens is 447 g/mol. The SMILES string of the molecule is O=C(NC1CCS(O)(O)C1)c1cnc(CNS(=O)(=O)c2ccc(F)c(Cl)c2)cn1. The van der Waals surface area contributed by atoms with Gasteiger partial charge in [0.25, 0.3) is 5.91 Å². The third-order valence-electron chi connectivity index (χ3n) is 4.18. The molecule has 13 heteroatoms. The van der Waals surface area contributed by atoms with Crippen molar-refractivity contribution in [3.8, 4) is 0 Å². The van der Waals surface area contributed by atoms with E-state index in [1.54, 1.807) is 0 Å². The third kappa shape index (κ3) is 5.62. The van der Waals surface area contributed by atoms with Gasteiger partial charge in [-0.3, -0.25) is 18.9 Å². The van der Waals surface area contributed by atoms with Crippen molar-refractivity contribution in [1.29, 1.82) is 0 Å². The molecule has 0 radical (unpaired) electrons. The quantitative estimate of drug-likeness (QED) is 0.512. The molecule has 1 amide bonds. The second kappa shape index (κ2) is 8.50. The molecule has 0 saturated carbocycles. The van der Waals surface area contributed by atoms with Crippen LogP contribution in [0.2, 0.25) is 5.02 Å². The number of amides is 1. The Balaban J connectivity index is 1.59. The molecule has 1 aromatic carbocycles. The number of rotatable bonds is 6. The lowest BCUT2D eigenvalue weighted by atomic mass is 10.2. The highest BCUT2D eigenvalue weighted by atomic mass is 35.5. The van der Waals surface area contributed by atoms with Crippen molar-refractivity contribution in [2.24, 2.45) is 0 Å². The minimum Gasteiger partial charge on any atom is -0.346 e. The summed E-state index contributed by atoms with van der Waals surface area (Å²) in [4.78, 5) is 19.9. The van der Waals surface area contributed by atoms with Crippen LogP contribution in [0.3, 0.4) is 0 Å². The topological polar surface area (TPSA) is 142 Å². The fourth-order valence-corrected chi connectivity index (χ4v) is 5.65. The maximum Gasteiger partial charge on any atom is 0.271 e. The highest BCUT2D eigenvalue weighted by Gasteiger charge is 2.29. The zero-order valence-electron chi connectivity index (χ0n) is 14.9. The van der Waals surface area contributed by atoms with Crippen LogP contribution >= 0.6 is 22.2 Å². The molecule has 9 nitrogen and oxygen atoms in total. The first kappa shape index (κ1) is 21.9. The van der Waals surface area contributed by atoms with E-state index in [0.29, 0.717) is 6.42 Å². The second-order valence-electron chi connectivity index (χ2n) is 6.43. The first-order chi connectivity index (χ1) is 13.6. The monoisotopic (exact) mass is 464 g/mol. The molecule has 1 saturated heterocycles. The Hall–Kier alpha value is -1.83. The summed E-state index contributed by atoms with van der Waals surface area (Å²) < 4.78 is 59.2. The van der Waals surface area contributed by atoms with Crippen LogP contribution in [0.1, 0.15) is 22.6 Å². The number of nitrogens with one attached hydrogen (secondary N) is 2. The summed E-state index contributed by atoms with van der Waals surface area (Å²) in [6.45, 7) is -0.199. The molecule has 2 heterocycles. The number of benzene rings is 1. The van der Waals surface area contributed by atoms with Gasteiger partial charge in [-0.15, -0.1) is 0 Å². The molecule has 1 aliphatic heterocycles. The van der Waals surface area contributed by atoms with Crippen LogP contribution in [0.25, 0.3) is 0 Å². The first-order valence-electron chi connectivity index (χ1n) is 8.36. The summed E-state index contributed by atoms with van der Waals surface area (Å²) in [6.07, 6.45) is 2.91. The molecule has 3 rings (SSSR count). The molecule has 1 atom stereocenters. The number of carbonyl (C=O) groups is 1. The van der Waals surface area contributed by atoms with Crippen molar-refractivity contribution < 1.29 is 26.7 Å². The Morgan fingerprint density at radius 1 is 1.31 bits per heavy atom. The van der Waals surface area contributed by atoms with E-state index in [1.165, 1.54) is 12.4 Å². The van der Waals surface area contributed by atoms with Crippen molar-refractivity contribution in [2.45, 2.75) is 23.9 Å². The van der Waals surface area contributed by atoms with Gasteiger partial charge < -0.3 is 5.32 Å². The Morgan fingerprint density at radius 2 is 2.07 bits per heavy atom. The van der Waals surface area contributed by atoms with Crippen molar-refractivity contribution in [2.75, 3.05) is 11.5 Å². The first-order valence-corrected chi connectivity index (χ1v) is 12.1. The standard InChI is InChI=1S/C16H18ClFN4O5S2/c17-13-5-12(1-2-14(13)18)29(26,27)21-7-11-6-20-15(8-19-11)16(23)22-10-3-4-28(24,25)9-10/h1-2,5-6,8,10,21,24-25H,3-4,7,9H2,(H,22,23). The number of aromatic nitrogens is 2. The molecule has 0 spiro atoms. The highest BCUT2D eigenvalue weighted by molar-refractivity contribution is 8.24. The Bertz CT molecular complexity index is 1020. The van der Waals surface area contributed by atoms with Crippen molar-refractivity contribution in [3.05, 3.63) is 52.8 Å². The molecule has 1 aromatic heterocycles. The van der Waals surface area contributed by atoms with Gasteiger partial charge in [0, 0.05) is 11.8 Å². The van der Waals surface area contributed by atoms with E-state index in [2.05, 4.69) is 20.0 Å². The van der Waals surface area contributed by atoms with Crippen molar-refractivity contribution in [1.82, 2.24) is 20.0 Å². The maximum absolute atomic E-state index is 13.2. The Morgan fingerprint density at radius 3 is 2.66 bits per heavy atom. The van der Waals surface area contributed by atoms with Crippen LogP contribution in [0, 0.1) is 5.82 Å². The number of sulfonamides is 1. The lowest BCUT2D eigenvalue weighted by molar-refractivity contribution is 0.0935.